The Morgan fingerprint density at radius 1 is 0.415 bits per heavy atom. The monoisotopic (exact) mass is 664 g/mol. The summed E-state index contributed by atoms with van der Waals surface area (Å²) in [7, 11) is -3.84. The molecule has 0 heterocycles. The first kappa shape index (κ1) is 41.9. The minimum atomic E-state index is -1.31. The van der Waals surface area contributed by atoms with Gasteiger partial charge in [-0.15, -0.1) is 0 Å². The van der Waals surface area contributed by atoms with Gasteiger partial charge >= 0.3 is 0 Å². The summed E-state index contributed by atoms with van der Waals surface area (Å²) < 4.78 is 0. The van der Waals surface area contributed by atoms with Crippen LogP contribution >= 0.6 is 0 Å². The topological polar surface area (TPSA) is 80.9 Å². The van der Waals surface area contributed by atoms with Crippen molar-refractivity contribution < 1.29 is 20.4 Å². The van der Waals surface area contributed by atoms with Crippen molar-refractivity contribution in [2.24, 2.45) is 11.8 Å². The predicted octanol–water partition coefficient (Wildman–Crippen LogP) is 7.69. The molecule has 0 aliphatic carbocycles. The maximum Gasteiger partial charge on any atom is 0.0474 e. The molecule has 0 saturated carbocycles. The van der Waals surface area contributed by atoms with Gasteiger partial charge in [0.05, 0.1) is 0 Å². The van der Waals surface area contributed by atoms with Crippen LogP contribution in [0.25, 0.3) is 0 Å². The normalized spacial score (nSPS) is 15.8. The molecule has 0 amide bonds. The second-order valence-corrected chi connectivity index (χ2v) is 39.7. The molecule has 4 N–H and O–H groups in total. The summed E-state index contributed by atoms with van der Waals surface area (Å²) in [5, 5.41) is 37.9. The minimum Gasteiger partial charge on any atom is -0.396 e. The van der Waals surface area contributed by atoms with Crippen LogP contribution in [0, 0.1) is 11.8 Å². The summed E-state index contributed by atoms with van der Waals surface area (Å²) >= 11 is 0. The van der Waals surface area contributed by atoms with Crippen molar-refractivity contribution >= 4 is 42.5 Å². The summed E-state index contributed by atoms with van der Waals surface area (Å²) in [6.07, 6.45) is 10.8. The van der Waals surface area contributed by atoms with Gasteiger partial charge in [-0.2, -0.15) is 0 Å². The van der Waals surface area contributed by atoms with Crippen molar-refractivity contribution in [3.8, 4) is 0 Å². The Morgan fingerprint density at radius 2 is 0.732 bits per heavy atom. The van der Waals surface area contributed by atoms with E-state index in [4.69, 9.17) is 0 Å². The zero-order valence-electron chi connectivity index (χ0n) is 29.4. The average Bonchev–Trinajstić information content (AvgIpc) is 2.90. The lowest BCUT2D eigenvalue weighted by Gasteiger charge is -2.38. The van der Waals surface area contributed by atoms with Crippen LogP contribution in [0.15, 0.2) is 0 Å². The van der Waals surface area contributed by atoms with Gasteiger partial charge < -0.3 is 20.4 Å². The Bertz CT molecular complexity index is 646. The predicted molar refractivity (Wildman–Crippen MR) is 199 cm³/mol. The highest BCUT2D eigenvalue weighted by Crippen LogP contribution is 2.42. The fourth-order valence-electron chi connectivity index (χ4n) is 7.10. The Labute approximate surface area is 264 Å². The molecule has 0 aromatic heterocycles. The number of hydrogen-bond donors (Lipinski definition) is 4. The molecular weight excluding hydrogens is 589 g/mol. The van der Waals surface area contributed by atoms with E-state index in [1.165, 1.54) is 90.7 Å². The molecule has 0 spiro atoms. The SMILES string of the molecule is C[Si](C)(CCCO)CCCC(CC[Si](C)(C)CCCO)C(CC[Si](C)(C)CCCO)C([SiH3])CC[Si](C)(C)CCCO. The van der Waals surface area contributed by atoms with Gasteiger partial charge in [0, 0.05) is 69.0 Å². The fraction of sp³-hybridized carbons (Fsp3) is 1.00. The van der Waals surface area contributed by atoms with Gasteiger partial charge in [0.15, 0.2) is 0 Å². The van der Waals surface area contributed by atoms with Crippen LogP contribution in [-0.2, 0) is 0 Å². The zero-order valence-corrected chi connectivity index (χ0v) is 35.4. The molecule has 0 fully saturated rings. The average molecular weight is 665 g/mol. The quantitative estimate of drug-likeness (QED) is 0.0679. The summed E-state index contributed by atoms with van der Waals surface area (Å²) in [4.78, 5) is 0. The largest absolute Gasteiger partial charge is 0.396 e. The Morgan fingerprint density at radius 3 is 1.12 bits per heavy atom. The van der Waals surface area contributed by atoms with Crippen LogP contribution in [0.3, 0.4) is 0 Å². The number of rotatable bonds is 27. The van der Waals surface area contributed by atoms with E-state index >= 15 is 0 Å². The molecule has 0 aliphatic heterocycles. The summed E-state index contributed by atoms with van der Waals surface area (Å²) in [6.45, 7) is 21.7. The summed E-state index contributed by atoms with van der Waals surface area (Å²) in [5.41, 5.74) is 0.880. The molecule has 41 heavy (non-hydrogen) atoms. The molecule has 0 aliphatic rings. The third kappa shape index (κ3) is 21.3. The standard InChI is InChI=1S/C32H76O4Si5/c1-38(2,23-10-18-33)22-9-14-30(15-27-39(3,4)24-11-19-34)31(16-28-40(5,6)25-12-20-35)32(37)17-29-41(7,8)26-13-21-36/h30-36H,9-29H2,1-8,37H3. The lowest BCUT2D eigenvalue weighted by atomic mass is 9.81. The van der Waals surface area contributed by atoms with Crippen LogP contribution in [-0.4, -0.2) is 89.4 Å². The highest BCUT2D eigenvalue weighted by atomic mass is 28.3. The van der Waals surface area contributed by atoms with Crippen LogP contribution in [0.5, 0.6) is 0 Å². The summed E-state index contributed by atoms with van der Waals surface area (Å²) in [5.74, 6) is 1.67. The van der Waals surface area contributed by atoms with E-state index in [0.717, 1.165) is 43.1 Å². The van der Waals surface area contributed by atoms with E-state index in [1.807, 2.05) is 0 Å². The Balaban J connectivity index is 5.90. The maximum absolute atomic E-state index is 9.51. The van der Waals surface area contributed by atoms with Crippen molar-refractivity contribution in [3.05, 3.63) is 0 Å². The lowest BCUT2D eigenvalue weighted by Crippen LogP contribution is -2.32. The smallest absolute Gasteiger partial charge is 0.0474 e. The number of hydrogen-bond acceptors (Lipinski definition) is 4. The van der Waals surface area contributed by atoms with Crippen molar-refractivity contribution in [2.75, 3.05) is 26.4 Å². The Kier molecular flexibility index (Phi) is 22.1. The molecular formula is C32H76O4Si5. The van der Waals surface area contributed by atoms with E-state index in [2.05, 4.69) is 52.4 Å². The lowest BCUT2D eigenvalue weighted by molar-refractivity contribution is 0.271. The minimum absolute atomic E-state index is 0.335. The zero-order chi connectivity index (χ0) is 31.6. The van der Waals surface area contributed by atoms with Crippen LogP contribution in [0.2, 0.25) is 106 Å². The van der Waals surface area contributed by atoms with Crippen molar-refractivity contribution in [2.45, 2.75) is 164 Å². The molecule has 4 nitrogen and oxygen atoms in total. The first-order valence-electron chi connectivity index (χ1n) is 17.5. The molecule has 9 heteroatoms. The van der Waals surface area contributed by atoms with Crippen molar-refractivity contribution in [1.29, 1.82) is 0 Å². The molecule has 248 valence electrons. The van der Waals surface area contributed by atoms with Gasteiger partial charge in [-0.05, 0) is 37.5 Å². The van der Waals surface area contributed by atoms with Gasteiger partial charge in [-0.3, -0.25) is 0 Å². The van der Waals surface area contributed by atoms with Gasteiger partial charge in [0.1, 0.15) is 0 Å². The van der Waals surface area contributed by atoms with Gasteiger partial charge in [0.25, 0.3) is 0 Å². The molecule has 0 saturated heterocycles. The van der Waals surface area contributed by atoms with Crippen molar-refractivity contribution in [3.63, 3.8) is 0 Å². The van der Waals surface area contributed by atoms with E-state index in [-0.39, 0.29) is 0 Å². The third-order valence-electron chi connectivity index (χ3n) is 10.4. The highest BCUT2D eigenvalue weighted by molar-refractivity contribution is 6.78. The highest BCUT2D eigenvalue weighted by Gasteiger charge is 2.33. The first-order valence-corrected chi connectivity index (χ1v) is 32.3. The first-order chi connectivity index (χ1) is 19.0. The number of aliphatic hydroxyl groups is 4. The van der Waals surface area contributed by atoms with Crippen LogP contribution in [0.1, 0.15) is 57.8 Å². The van der Waals surface area contributed by atoms with E-state index < -0.39 is 32.3 Å². The molecule has 0 radical (unpaired) electrons. The molecule has 0 bridgehead atoms. The molecule has 3 atom stereocenters. The van der Waals surface area contributed by atoms with Gasteiger partial charge in [0.2, 0.25) is 0 Å². The third-order valence-corrected chi connectivity index (χ3v) is 25.3. The molecule has 3 unspecified atom stereocenters. The van der Waals surface area contributed by atoms with Crippen LogP contribution in [0.4, 0.5) is 0 Å². The van der Waals surface area contributed by atoms with E-state index in [1.54, 1.807) is 0 Å². The molecule has 0 aromatic rings. The second kappa shape index (κ2) is 21.6. The van der Waals surface area contributed by atoms with Crippen LogP contribution < -0.4 is 0 Å². The Hall–Kier alpha value is 0.924. The molecule has 0 aromatic carbocycles. The second-order valence-electron chi connectivity index (χ2n) is 16.9. The van der Waals surface area contributed by atoms with Gasteiger partial charge in [-0.1, -0.05) is 138 Å². The van der Waals surface area contributed by atoms with Gasteiger partial charge in [-0.25, -0.2) is 0 Å². The van der Waals surface area contributed by atoms with Crippen molar-refractivity contribution in [1.82, 2.24) is 0 Å². The summed E-state index contributed by atoms with van der Waals surface area (Å²) in [6, 6.07) is 10.6. The van der Waals surface area contributed by atoms with E-state index in [0.29, 0.717) is 26.4 Å². The maximum atomic E-state index is 9.51. The fourth-order valence-corrected chi connectivity index (χ4v) is 19.0. The number of aliphatic hydroxyl groups excluding tert-OH is 4. The molecule has 0 rings (SSSR count). The van der Waals surface area contributed by atoms with E-state index in [9.17, 15) is 20.4 Å².